The molecule has 1 heterocycles. The van der Waals surface area contributed by atoms with Gasteiger partial charge in [0.05, 0.1) is 20.3 Å². The van der Waals surface area contributed by atoms with Crippen molar-refractivity contribution < 1.29 is 9.47 Å². The highest BCUT2D eigenvalue weighted by molar-refractivity contribution is 7.10. The summed E-state index contributed by atoms with van der Waals surface area (Å²) in [5.74, 6) is 1.32. The summed E-state index contributed by atoms with van der Waals surface area (Å²) < 4.78 is 10.6. The lowest BCUT2D eigenvalue weighted by atomic mass is 10.0. The first-order chi connectivity index (χ1) is 9.62. The summed E-state index contributed by atoms with van der Waals surface area (Å²) in [6.07, 6.45) is 0. The molecule has 0 aliphatic heterocycles. The number of benzene rings is 1. The van der Waals surface area contributed by atoms with Crippen molar-refractivity contribution in [3.8, 4) is 11.5 Å². The Hall–Kier alpha value is -1.23. The van der Waals surface area contributed by atoms with Crippen molar-refractivity contribution in [3.05, 3.63) is 44.6 Å². The van der Waals surface area contributed by atoms with Crippen LogP contribution >= 0.6 is 22.9 Å². The Balaban J connectivity index is 2.52. The SMILES string of the molecule is CNC(c1cc(OC)c(OC)cc1Cl)c1sccc1C. The molecule has 0 fully saturated rings. The van der Waals surface area contributed by atoms with Gasteiger partial charge in [0.2, 0.25) is 0 Å². The Morgan fingerprint density at radius 3 is 2.35 bits per heavy atom. The van der Waals surface area contributed by atoms with Gasteiger partial charge in [-0.1, -0.05) is 11.6 Å². The van der Waals surface area contributed by atoms with Crippen LogP contribution in [0, 0.1) is 6.92 Å². The molecule has 0 bridgehead atoms. The van der Waals surface area contributed by atoms with Crippen LogP contribution in [0.3, 0.4) is 0 Å². The quantitative estimate of drug-likeness (QED) is 0.904. The second-order valence-corrected chi connectivity index (χ2v) is 5.77. The van der Waals surface area contributed by atoms with Gasteiger partial charge in [0, 0.05) is 16.0 Å². The molecule has 0 aliphatic carbocycles. The number of ether oxygens (including phenoxy) is 2. The van der Waals surface area contributed by atoms with Crippen LogP contribution in [0.2, 0.25) is 5.02 Å². The third kappa shape index (κ3) is 2.77. The third-order valence-electron chi connectivity index (χ3n) is 3.27. The van der Waals surface area contributed by atoms with E-state index >= 15 is 0 Å². The van der Waals surface area contributed by atoms with Gasteiger partial charge in [0.1, 0.15) is 0 Å². The molecule has 1 atom stereocenters. The third-order valence-corrected chi connectivity index (χ3v) is 4.68. The van der Waals surface area contributed by atoms with E-state index in [1.165, 1.54) is 10.4 Å². The van der Waals surface area contributed by atoms with E-state index in [-0.39, 0.29) is 6.04 Å². The highest BCUT2D eigenvalue weighted by Crippen LogP contribution is 2.39. The van der Waals surface area contributed by atoms with Gasteiger partial charge in [-0.2, -0.15) is 0 Å². The van der Waals surface area contributed by atoms with Crippen molar-refractivity contribution in [1.29, 1.82) is 0 Å². The number of methoxy groups -OCH3 is 2. The molecule has 0 aliphatic rings. The molecule has 108 valence electrons. The van der Waals surface area contributed by atoms with Gasteiger partial charge in [-0.05, 0) is 42.6 Å². The molecule has 1 aromatic heterocycles. The number of aryl methyl sites for hydroxylation is 1. The lowest BCUT2D eigenvalue weighted by Crippen LogP contribution is -2.18. The topological polar surface area (TPSA) is 30.5 Å². The van der Waals surface area contributed by atoms with E-state index in [9.17, 15) is 0 Å². The van der Waals surface area contributed by atoms with E-state index in [1.54, 1.807) is 31.6 Å². The van der Waals surface area contributed by atoms with Crippen LogP contribution in [0.25, 0.3) is 0 Å². The molecular weight excluding hydrogens is 294 g/mol. The van der Waals surface area contributed by atoms with Crippen molar-refractivity contribution >= 4 is 22.9 Å². The number of thiophene rings is 1. The van der Waals surface area contributed by atoms with Crippen LogP contribution < -0.4 is 14.8 Å². The smallest absolute Gasteiger partial charge is 0.162 e. The molecule has 5 heteroatoms. The first-order valence-electron chi connectivity index (χ1n) is 6.25. The minimum Gasteiger partial charge on any atom is -0.493 e. The average molecular weight is 312 g/mol. The molecule has 1 aromatic carbocycles. The second-order valence-electron chi connectivity index (χ2n) is 4.42. The summed E-state index contributed by atoms with van der Waals surface area (Å²) in [4.78, 5) is 1.25. The highest BCUT2D eigenvalue weighted by Gasteiger charge is 2.21. The molecule has 0 saturated heterocycles. The van der Waals surface area contributed by atoms with Gasteiger partial charge in [-0.3, -0.25) is 0 Å². The largest absolute Gasteiger partial charge is 0.493 e. The number of halogens is 1. The molecule has 2 rings (SSSR count). The molecule has 20 heavy (non-hydrogen) atoms. The van der Waals surface area contributed by atoms with Crippen LogP contribution in [0.15, 0.2) is 23.6 Å². The molecule has 3 nitrogen and oxygen atoms in total. The lowest BCUT2D eigenvalue weighted by Gasteiger charge is -2.20. The van der Waals surface area contributed by atoms with Crippen LogP contribution in [0.4, 0.5) is 0 Å². The zero-order valence-electron chi connectivity index (χ0n) is 12.0. The number of nitrogens with one attached hydrogen (secondary N) is 1. The Morgan fingerprint density at radius 2 is 1.85 bits per heavy atom. The van der Waals surface area contributed by atoms with E-state index < -0.39 is 0 Å². The van der Waals surface area contributed by atoms with Crippen LogP contribution in [0.5, 0.6) is 11.5 Å². The summed E-state index contributed by atoms with van der Waals surface area (Å²) in [7, 11) is 5.16. The summed E-state index contributed by atoms with van der Waals surface area (Å²) in [6.45, 7) is 2.10. The molecule has 1 N–H and O–H groups in total. The predicted octanol–water partition coefficient (Wildman–Crippen LogP) is 4.04. The summed E-state index contributed by atoms with van der Waals surface area (Å²) in [5.41, 5.74) is 2.23. The van der Waals surface area contributed by atoms with Crippen LogP contribution in [0.1, 0.15) is 22.0 Å². The van der Waals surface area contributed by atoms with Crippen molar-refractivity contribution in [2.24, 2.45) is 0 Å². The number of rotatable bonds is 5. The van der Waals surface area contributed by atoms with E-state index in [4.69, 9.17) is 21.1 Å². The predicted molar refractivity (Wildman–Crippen MR) is 84.5 cm³/mol. The zero-order chi connectivity index (χ0) is 14.7. The lowest BCUT2D eigenvalue weighted by molar-refractivity contribution is 0.354. The standard InChI is InChI=1S/C15H18ClNO2S/c1-9-5-6-20-15(9)14(17-2)10-7-12(18-3)13(19-4)8-11(10)16/h5-8,14,17H,1-4H3. The van der Waals surface area contributed by atoms with Crippen molar-refractivity contribution in [3.63, 3.8) is 0 Å². The number of hydrogen-bond acceptors (Lipinski definition) is 4. The Labute approximate surface area is 128 Å². The molecule has 2 aromatic rings. The Kier molecular flexibility index (Phi) is 4.91. The minimum absolute atomic E-state index is 0.0438. The zero-order valence-corrected chi connectivity index (χ0v) is 13.6. The summed E-state index contributed by atoms with van der Waals surface area (Å²) in [6, 6.07) is 5.88. The minimum atomic E-state index is 0.0438. The molecule has 0 amide bonds. The summed E-state index contributed by atoms with van der Waals surface area (Å²) in [5, 5.41) is 6.07. The fraction of sp³-hybridized carbons (Fsp3) is 0.333. The second kappa shape index (κ2) is 6.48. The monoisotopic (exact) mass is 311 g/mol. The molecule has 1 unspecified atom stereocenters. The average Bonchev–Trinajstić information content (AvgIpc) is 2.87. The van der Waals surface area contributed by atoms with E-state index in [0.29, 0.717) is 16.5 Å². The fourth-order valence-corrected chi connectivity index (χ4v) is 3.52. The van der Waals surface area contributed by atoms with Crippen molar-refractivity contribution in [2.75, 3.05) is 21.3 Å². The first-order valence-corrected chi connectivity index (χ1v) is 7.50. The van der Waals surface area contributed by atoms with E-state index in [1.807, 2.05) is 13.1 Å². The van der Waals surface area contributed by atoms with Crippen molar-refractivity contribution in [2.45, 2.75) is 13.0 Å². The van der Waals surface area contributed by atoms with Gasteiger partial charge in [-0.15, -0.1) is 11.3 Å². The fourth-order valence-electron chi connectivity index (χ4n) is 2.20. The van der Waals surface area contributed by atoms with E-state index in [2.05, 4.69) is 23.7 Å². The first kappa shape index (κ1) is 15.2. The maximum absolute atomic E-state index is 6.41. The van der Waals surface area contributed by atoms with Gasteiger partial charge in [-0.25, -0.2) is 0 Å². The Morgan fingerprint density at radius 1 is 1.20 bits per heavy atom. The van der Waals surface area contributed by atoms with Gasteiger partial charge in [0.25, 0.3) is 0 Å². The number of hydrogen-bond donors (Lipinski definition) is 1. The van der Waals surface area contributed by atoms with Crippen LogP contribution in [-0.4, -0.2) is 21.3 Å². The van der Waals surface area contributed by atoms with E-state index in [0.717, 1.165) is 5.56 Å². The Bertz CT molecular complexity index is 598. The molecular formula is C15H18ClNO2S. The van der Waals surface area contributed by atoms with Gasteiger partial charge in [0.15, 0.2) is 11.5 Å². The molecule has 0 spiro atoms. The van der Waals surface area contributed by atoms with Crippen molar-refractivity contribution in [1.82, 2.24) is 5.32 Å². The summed E-state index contributed by atoms with van der Waals surface area (Å²) >= 11 is 8.12. The van der Waals surface area contributed by atoms with Gasteiger partial charge >= 0.3 is 0 Å². The normalized spacial score (nSPS) is 12.2. The van der Waals surface area contributed by atoms with Crippen LogP contribution in [-0.2, 0) is 0 Å². The molecule has 0 radical (unpaired) electrons. The highest BCUT2D eigenvalue weighted by atomic mass is 35.5. The maximum Gasteiger partial charge on any atom is 0.162 e. The van der Waals surface area contributed by atoms with Gasteiger partial charge < -0.3 is 14.8 Å². The molecule has 0 saturated carbocycles. The maximum atomic E-state index is 6.41.